The molecule has 0 saturated heterocycles. The van der Waals surface area contributed by atoms with E-state index in [9.17, 15) is 12.8 Å². The van der Waals surface area contributed by atoms with Gasteiger partial charge in [0, 0.05) is 0 Å². The summed E-state index contributed by atoms with van der Waals surface area (Å²) in [6.45, 7) is 0. The first-order chi connectivity index (χ1) is 9.96. The number of halogens is 2. The Kier molecular flexibility index (Phi) is 4.61. The lowest BCUT2D eigenvalue weighted by molar-refractivity contribution is 0.581. The van der Waals surface area contributed by atoms with Crippen molar-refractivity contribution in [3.63, 3.8) is 0 Å². The van der Waals surface area contributed by atoms with Crippen LogP contribution in [-0.2, 0) is 9.84 Å². The monoisotopic (exact) mass is 323 g/mol. The van der Waals surface area contributed by atoms with Crippen LogP contribution in [0.2, 0.25) is 5.02 Å². The third-order valence-corrected chi connectivity index (χ3v) is 5.43. The molecule has 1 atom stereocenters. The summed E-state index contributed by atoms with van der Waals surface area (Å²) in [4.78, 5) is -0.0991. The van der Waals surface area contributed by atoms with E-state index in [2.05, 4.69) is 0 Å². The largest absolute Gasteiger partial charge is 0.223 e. The molecule has 2 aromatic carbocycles. The third-order valence-electron chi connectivity index (χ3n) is 3.04. The Morgan fingerprint density at radius 1 is 1.19 bits per heavy atom. The maximum Gasteiger partial charge on any atom is 0.186 e. The molecule has 0 aliphatic heterocycles. The zero-order valence-corrected chi connectivity index (χ0v) is 12.4. The van der Waals surface area contributed by atoms with Crippen LogP contribution in [0.25, 0.3) is 0 Å². The summed E-state index contributed by atoms with van der Waals surface area (Å²) in [6.07, 6.45) is -0.193. The predicted molar refractivity (Wildman–Crippen MR) is 78.0 cm³/mol. The zero-order valence-electron chi connectivity index (χ0n) is 10.8. The minimum Gasteiger partial charge on any atom is -0.223 e. The predicted octanol–water partition coefficient (Wildman–Crippen LogP) is 3.91. The quantitative estimate of drug-likeness (QED) is 0.802. The van der Waals surface area contributed by atoms with E-state index in [4.69, 9.17) is 16.9 Å². The average Bonchev–Trinajstić information content (AvgIpc) is 2.48. The van der Waals surface area contributed by atoms with Crippen molar-refractivity contribution in [1.29, 1.82) is 5.26 Å². The van der Waals surface area contributed by atoms with Crippen LogP contribution in [0.4, 0.5) is 4.39 Å². The fourth-order valence-electron chi connectivity index (χ4n) is 1.98. The number of nitriles is 1. The number of hydrogen-bond acceptors (Lipinski definition) is 3. The Morgan fingerprint density at radius 3 is 2.43 bits per heavy atom. The van der Waals surface area contributed by atoms with Crippen LogP contribution >= 0.6 is 11.6 Å². The summed E-state index contributed by atoms with van der Waals surface area (Å²) < 4.78 is 38.5. The highest BCUT2D eigenvalue weighted by atomic mass is 35.5. The van der Waals surface area contributed by atoms with Crippen molar-refractivity contribution >= 4 is 21.4 Å². The topological polar surface area (TPSA) is 57.9 Å². The molecule has 0 spiro atoms. The van der Waals surface area contributed by atoms with Gasteiger partial charge in [0.15, 0.2) is 9.84 Å². The maximum absolute atomic E-state index is 13.2. The molecule has 0 bridgehead atoms. The second-order valence-electron chi connectivity index (χ2n) is 4.38. The van der Waals surface area contributed by atoms with Crippen molar-refractivity contribution in [2.24, 2.45) is 0 Å². The second-order valence-corrected chi connectivity index (χ2v) is 6.92. The molecule has 0 radical (unpaired) electrons. The van der Waals surface area contributed by atoms with E-state index in [0.717, 1.165) is 18.2 Å². The molecule has 3 nitrogen and oxygen atoms in total. The van der Waals surface area contributed by atoms with Crippen molar-refractivity contribution in [3.05, 3.63) is 64.9 Å². The zero-order chi connectivity index (χ0) is 15.5. The van der Waals surface area contributed by atoms with Gasteiger partial charge in [-0.25, -0.2) is 12.8 Å². The molecule has 0 aromatic heterocycles. The number of benzene rings is 2. The van der Waals surface area contributed by atoms with Crippen LogP contribution in [-0.4, -0.2) is 8.42 Å². The molecule has 2 aromatic rings. The number of rotatable bonds is 4. The fourth-order valence-corrected chi connectivity index (χ4v) is 3.90. The lowest BCUT2D eigenvalue weighted by atomic mass is 10.1. The van der Waals surface area contributed by atoms with Crippen LogP contribution < -0.4 is 0 Å². The number of sulfone groups is 1. The summed E-state index contributed by atoms with van der Waals surface area (Å²) in [5, 5.41) is 7.63. The van der Waals surface area contributed by atoms with Gasteiger partial charge in [-0.05, 0) is 23.8 Å². The highest BCUT2D eigenvalue weighted by Gasteiger charge is 2.29. The number of hydrogen-bond donors (Lipinski definition) is 0. The molecular weight excluding hydrogens is 313 g/mol. The van der Waals surface area contributed by atoms with Crippen molar-refractivity contribution in [1.82, 2.24) is 0 Å². The van der Waals surface area contributed by atoms with E-state index in [0.29, 0.717) is 5.56 Å². The van der Waals surface area contributed by atoms with E-state index in [1.165, 1.54) is 0 Å². The first-order valence-electron chi connectivity index (χ1n) is 6.07. The van der Waals surface area contributed by atoms with Crippen molar-refractivity contribution in [2.75, 3.05) is 0 Å². The Balaban J connectivity index is 2.53. The van der Waals surface area contributed by atoms with E-state index < -0.39 is 20.9 Å². The van der Waals surface area contributed by atoms with Gasteiger partial charge in [0.05, 0.1) is 22.4 Å². The molecule has 0 amide bonds. The van der Waals surface area contributed by atoms with E-state index >= 15 is 0 Å². The van der Waals surface area contributed by atoms with E-state index in [1.54, 1.807) is 30.3 Å². The lowest BCUT2D eigenvalue weighted by Crippen LogP contribution is -2.13. The van der Waals surface area contributed by atoms with Crippen LogP contribution in [0.5, 0.6) is 0 Å². The molecule has 0 saturated carbocycles. The number of nitrogens with zero attached hydrogens (tertiary/aromatic N) is 1. The smallest absolute Gasteiger partial charge is 0.186 e. The van der Waals surface area contributed by atoms with Gasteiger partial charge in [0.1, 0.15) is 11.1 Å². The first-order valence-corrected chi connectivity index (χ1v) is 8.00. The van der Waals surface area contributed by atoms with Crippen LogP contribution in [0, 0.1) is 17.1 Å². The molecule has 0 aliphatic rings. The molecular formula is C15H11ClFNO2S. The van der Waals surface area contributed by atoms with Gasteiger partial charge in [-0.15, -0.1) is 0 Å². The second kappa shape index (κ2) is 6.25. The normalized spacial score (nSPS) is 12.6. The van der Waals surface area contributed by atoms with Crippen LogP contribution in [0.15, 0.2) is 53.4 Å². The average molecular weight is 324 g/mol. The molecule has 0 N–H and O–H groups in total. The lowest BCUT2D eigenvalue weighted by Gasteiger charge is -2.15. The fraction of sp³-hybridized carbons (Fsp3) is 0.133. The Hall–Kier alpha value is -1.90. The first kappa shape index (κ1) is 15.5. The van der Waals surface area contributed by atoms with Crippen molar-refractivity contribution < 1.29 is 12.8 Å². The summed E-state index contributed by atoms with van der Waals surface area (Å²) in [5.41, 5.74) is 0.513. The molecule has 2 rings (SSSR count). The SMILES string of the molecule is N#CCC(c1ccccc1)S(=O)(=O)c1ccc(F)c(Cl)c1. The standard InChI is InChI=1S/C15H11ClFNO2S/c16-13-10-12(6-7-14(13)17)21(19,20)15(8-9-18)11-4-2-1-3-5-11/h1-7,10,15H,8H2. The van der Waals surface area contributed by atoms with E-state index in [-0.39, 0.29) is 16.3 Å². The maximum atomic E-state index is 13.2. The summed E-state index contributed by atoms with van der Waals surface area (Å²) in [7, 11) is -3.83. The molecule has 1 unspecified atom stereocenters. The molecule has 6 heteroatoms. The Morgan fingerprint density at radius 2 is 1.86 bits per heavy atom. The molecule has 0 fully saturated rings. The van der Waals surface area contributed by atoms with Gasteiger partial charge >= 0.3 is 0 Å². The summed E-state index contributed by atoms with van der Waals surface area (Å²) in [5.74, 6) is -0.688. The van der Waals surface area contributed by atoms with E-state index in [1.807, 2.05) is 6.07 Å². The van der Waals surface area contributed by atoms with Gasteiger partial charge in [-0.3, -0.25) is 0 Å². The van der Waals surface area contributed by atoms with Gasteiger partial charge in [-0.1, -0.05) is 41.9 Å². The minimum absolute atomic E-state index is 0.0991. The summed E-state index contributed by atoms with van der Waals surface area (Å²) in [6, 6.07) is 13.6. The molecule has 108 valence electrons. The van der Waals surface area contributed by atoms with Crippen LogP contribution in [0.1, 0.15) is 17.2 Å². The van der Waals surface area contributed by atoms with Gasteiger partial charge in [0.25, 0.3) is 0 Å². The Labute approximate surface area is 127 Å². The molecule has 0 heterocycles. The highest BCUT2D eigenvalue weighted by Crippen LogP contribution is 2.32. The minimum atomic E-state index is -3.83. The highest BCUT2D eigenvalue weighted by molar-refractivity contribution is 7.91. The van der Waals surface area contributed by atoms with Gasteiger partial charge in [-0.2, -0.15) is 5.26 Å². The van der Waals surface area contributed by atoms with Gasteiger partial charge < -0.3 is 0 Å². The summed E-state index contributed by atoms with van der Waals surface area (Å²) >= 11 is 5.64. The third kappa shape index (κ3) is 3.23. The molecule has 0 aliphatic carbocycles. The molecule has 21 heavy (non-hydrogen) atoms. The van der Waals surface area contributed by atoms with Crippen LogP contribution in [0.3, 0.4) is 0 Å². The van der Waals surface area contributed by atoms with Crippen molar-refractivity contribution in [3.8, 4) is 6.07 Å². The Bertz CT molecular complexity index is 785. The van der Waals surface area contributed by atoms with Gasteiger partial charge in [0.2, 0.25) is 0 Å². The van der Waals surface area contributed by atoms with Crippen molar-refractivity contribution in [2.45, 2.75) is 16.6 Å².